The standard InChI is InChI=1S/C49H32FN/c50-40-23-19-32(20-24-40)35-12-8-13-36-30-38(18-17-37(36)29-35)39-22-27-48-46(31-39)45-25-21-34-11-4-5-14-42(34)49(45)51(48)47-28-26-41(33-9-2-1-3-10-33)43-15-6-7-16-44(43)47/h1-28,30-31H,29H2. The minimum atomic E-state index is -0.212. The third-order valence-electron chi connectivity index (χ3n) is 10.5. The summed E-state index contributed by atoms with van der Waals surface area (Å²) in [5.74, 6) is -0.212. The van der Waals surface area contributed by atoms with E-state index in [1.807, 2.05) is 12.1 Å². The van der Waals surface area contributed by atoms with Gasteiger partial charge in [0.2, 0.25) is 0 Å². The fourth-order valence-corrected chi connectivity index (χ4v) is 8.04. The molecule has 1 aromatic heterocycles. The van der Waals surface area contributed by atoms with Gasteiger partial charge in [0.05, 0.1) is 16.7 Å². The number of nitrogens with zero attached hydrogens (tertiary/aromatic N) is 1. The first kappa shape index (κ1) is 29.4. The van der Waals surface area contributed by atoms with Crippen molar-refractivity contribution in [1.29, 1.82) is 0 Å². The molecule has 0 aliphatic heterocycles. The molecule has 0 saturated heterocycles. The fraction of sp³-hybridized carbons (Fsp3) is 0.0204. The summed E-state index contributed by atoms with van der Waals surface area (Å²) in [6.07, 6.45) is 7.25. The summed E-state index contributed by atoms with van der Waals surface area (Å²) in [7, 11) is 0. The summed E-state index contributed by atoms with van der Waals surface area (Å²) in [6.45, 7) is 0. The summed E-state index contributed by atoms with van der Waals surface area (Å²) < 4.78 is 16.1. The molecule has 240 valence electrons. The molecule has 51 heavy (non-hydrogen) atoms. The molecular weight excluding hydrogens is 622 g/mol. The van der Waals surface area contributed by atoms with E-state index >= 15 is 0 Å². The van der Waals surface area contributed by atoms with Crippen LogP contribution in [0, 0.1) is 5.82 Å². The largest absolute Gasteiger partial charge is 0.308 e. The van der Waals surface area contributed by atoms with Crippen LogP contribution in [-0.4, -0.2) is 4.57 Å². The predicted octanol–water partition coefficient (Wildman–Crippen LogP) is 13.2. The van der Waals surface area contributed by atoms with Gasteiger partial charge < -0.3 is 4.57 Å². The van der Waals surface area contributed by atoms with E-state index in [1.54, 1.807) is 0 Å². The Morgan fingerprint density at radius 3 is 2.08 bits per heavy atom. The molecule has 0 atom stereocenters. The molecule has 0 amide bonds. The molecule has 2 heteroatoms. The van der Waals surface area contributed by atoms with Gasteiger partial charge in [-0.1, -0.05) is 146 Å². The van der Waals surface area contributed by atoms with Gasteiger partial charge in [0, 0.05) is 21.5 Å². The lowest BCUT2D eigenvalue weighted by Gasteiger charge is -2.16. The molecule has 1 nitrogen and oxygen atoms in total. The molecule has 10 rings (SSSR count). The zero-order valence-electron chi connectivity index (χ0n) is 27.9. The second kappa shape index (κ2) is 11.8. The van der Waals surface area contributed by atoms with Crippen molar-refractivity contribution in [3.05, 3.63) is 198 Å². The van der Waals surface area contributed by atoms with Crippen LogP contribution in [0.5, 0.6) is 0 Å². The Kier molecular flexibility index (Phi) is 6.82. The number of allylic oxidation sites excluding steroid dienone is 3. The van der Waals surface area contributed by atoms with Crippen LogP contribution in [0.25, 0.3) is 82.9 Å². The van der Waals surface area contributed by atoms with Crippen LogP contribution in [0.1, 0.15) is 16.7 Å². The summed E-state index contributed by atoms with van der Waals surface area (Å²) in [5.41, 5.74) is 13.1. The van der Waals surface area contributed by atoms with E-state index in [0.717, 1.165) is 12.0 Å². The zero-order valence-corrected chi connectivity index (χ0v) is 27.9. The molecular formula is C49H32FN. The van der Waals surface area contributed by atoms with Gasteiger partial charge in [-0.2, -0.15) is 0 Å². The van der Waals surface area contributed by atoms with Crippen molar-refractivity contribution in [2.75, 3.05) is 0 Å². The van der Waals surface area contributed by atoms with Gasteiger partial charge in [0.25, 0.3) is 0 Å². The summed E-state index contributed by atoms with van der Waals surface area (Å²) >= 11 is 0. The Bertz CT molecular complexity index is 2870. The first-order valence-corrected chi connectivity index (χ1v) is 17.5. The monoisotopic (exact) mass is 653 g/mol. The minimum Gasteiger partial charge on any atom is -0.308 e. The first-order chi connectivity index (χ1) is 25.2. The molecule has 1 aliphatic carbocycles. The molecule has 1 aliphatic rings. The van der Waals surface area contributed by atoms with E-state index in [9.17, 15) is 4.39 Å². The maximum absolute atomic E-state index is 13.6. The van der Waals surface area contributed by atoms with Gasteiger partial charge >= 0.3 is 0 Å². The van der Waals surface area contributed by atoms with Crippen LogP contribution in [0.4, 0.5) is 4.39 Å². The molecule has 0 spiro atoms. The smallest absolute Gasteiger partial charge is 0.123 e. The lowest BCUT2D eigenvalue weighted by Crippen LogP contribution is -1.97. The highest BCUT2D eigenvalue weighted by Crippen LogP contribution is 2.42. The second-order valence-corrected chi connectivity index (χ2v) is 13.4. The van der Waals surface area contributed by atoms with Crippen molar-refractivity contribution >= 4 is 55.0 Å². The van der Waals surface area contributed by atoms with Gasteiger partial charge in [-0.3, -0.25) is 0 Å². The number of halogens is 1. The van der Waals surface area contributed by atoms with Crippen LogP contribution in [-0.2, 0) is 6.42 Å². The average molecular weight is 654 g/mol. The third-order valence-corrected chi connectivity index (χ3v) is 10.5. The third kappa shape index (κ3) is 4.91. The number of hydrogen-bond acceptors (Lipinski definition) is 0. The molecule has 0 saturated carbocycles. The average Bonchev–Trinajstić information content (AvgIpc) is 3.36. The van der Waals surface area contributed by atoms with Crippen molar-refractivity contribution in [2.45, 2.75) is 6.42 Å². The highest BCUT2D eigenvalue weighted by molar-refractivity contribution is 6.20. The molecule has 0 N–H and O–H groups in total. The first-order valence-electron chi connectivity index (χ1n) is 17.5. The van der Waals surface area contributed by atoms with Crippen molar-refractivity contribution in [1.82, 2.24) is 4.57 Å². The van der Waals surface area contributed by atoms with Crippen molar-refractivity contribution in [3.8, 4) is 27.9 Å². The number of hydrogen-bond donors (Lipinski definition) is 0. The maximum Gasteiger partial charge on any atom is 0.123 e. The Morgan fingerprint density at radius 1 is 0.490 bits per heavy atom. The zero-order chi connectivity index (χ0) is 33.9. The lowest BCUT2D eigenvalue weighted by atomic mass is 9.93. The van der Waals surface area contributed by atoms with Crippen LogP contribution >= 0.6 is 0 Å². The highest BCUT2D eigenvalue weighted by Gasteiger charge is 2.19. The predicted molar refractivity (Wildman–Crippen MR) is 214 cm³/mol. The Morgan fingerprint density at radius 2 is 1.22 bits per heavy atom. The number of aromatic nitrogens is 1. The molecule has 0 bridgehead atoms. The Labute approximate surface area is 295 Å². The molecule has 0 fully saturated rings. The lowest BCUT2D eigenvalue weighted by molar-refractivity contribution is 0.627. The van der Waals surface area contributed by atoms with Gasteiger partial charge in [-0.05, 0) is 98.1 Å². The molecule has 8 aromatic carbocycles. The van der Waals surface area contributed by atoms with Gasteiger partial charge in [0.15, 0.2) is 0 Å². The van der Waals surface area contributed by atoms with Crippen molar-refractivity contribution in [2.24, 2.45) is 0 Å². The van der Waals surface area contributed by atoms with Gasteiger partial charge in [-0.15, -0.1) is 0 Å². The summed E-state index contributed by atoms with van der Waals surface area (Å²) in [5, 5.41) is 7.40. The topological polar surface area (TPSA) is 4.93 Å². The quantitative estimate of drug-likeness (QED) is 0.178. The van der Waals surface area contributed by atoms with Crippen molar-refractivity contribution in [3.63, 3.8) is 0 Å². The van der Waals surface area contributed by atoms with Crippen LogP contribution < -0.4 is 0 Å². The van der Waals surface area contributed by atoms with Gasteiger partial charge in [0.1, 0.15) is 5.82 Å². The highest BCUT2D eigenvalue weighted by atomic mass is 19.1. The van der Waals surface area contributed by atoms with E-state index < -0.39 is 0 Å². The van der Waals surface area contributed by atoms with E-state index in [1.165, 1.54) is 100 Å². The van der Waals surface area contributed by atoms with Crippen LogP contribution in [0.2, 0.25) is 0 Å². The van der Waals surface area contributed by atoms with Crippen LogP contribution in [0.15, 0.2) is 176 Å². The van der Waals surface area contributed by atoms with Gasteiger partial charge in [-0.25, -0.2) is 4.39 Å². The van der Waals surface area contributed by atoms with Crippen LogP contribution in [0.3, 0.4) is 0 Å². The second-order valence-electron chi connectivity index (χ2n) is 13.4. The summed E-state index contributed by atoms with van der Waals surface area (Å²) in [4.78, 5) is 0. The number of benzene rings is 8. The minimum absolute atomic E-state index is 0.212. The summed E-state index contributed by atoms with van der Waals surface area (Å²) in [6, 6.07) is 57.8. The normalized spacial score (nSPS) is 12.8. The fourth-order valence-electron chi connectivity index (χ4n) is 8.04. The maximum atomic E-state index is 13.6. The van der Waals surface area contributed by atoms with E-state index in [2.05, 4.69) is 162 Å². The Hall–Kier alpha value is -6.51. The van der Waals surface area contributed by atoms with E-state index in [0.29, 0.717) is 0 Å². The molecule has 1 heterocycles. The van der Waals surface area contributed by atoms with E-state index in [4.69, 9.17) is 0 Å². The Balaban J connectivity index is 1.15. The molecule has 9 aromatic rings. The number of fused-ring (bicyclic) bond motifs is 7. The SMILES string of the molecule is Fc1ccc(C2=CC=Cc3cc(-c4ccc5c(c4)c4ccc6ccccc6c4n5-c4ccc(-c5ccccc5)c5ccccc45)ccc3C2)cc1. The van der Waals surface area contributed by atoms with Crippen molar-refractivity contribution < 1.29 is 4.39 Å². The van der Waals surface area contributed by atoms with E-state index in [-0.39, 0.29) is 5.82 Å². The number of rotatable bonds is 4. The molecule has 0 unspecified atom stereocenters. The molecule has 0 radical (unpaired) electrons.